The van der Waals surface area contributed by atoms with Crippen LogP contribution in [0.4, 0.5) is 13.2 Å². The predicted molar refractivity (Wildman–Crippen MR) is 139 cm³/mol. The zero-order chi connectivity index (χ0) is 26.7. The second-order valence-electron chi connectivity index (χ2n) is 8.82. The van der Waals surface area contributed by atoms with E-state index in [0.29, 0.717) is 47.1 Å². The minimum atomic E-state index is -4.51. The van der Waals surface area contributed by atoms with Gasteiger partial charge in [0.1, 0.15) is 17.6 Å². The monoisotopic (exact) mass is 577 g/mol. The van der Waals surface area contributed by atoms with E-state index in [9.17, 15) is 13.2 Å². The Bertz CT molecular complexity index is 982. The minimum absolute atomic E-state index is 0.291. The third kappa shape index (κ3) is 7.50. The number of ether oxygens (including phenoxy) is 1. The number of benzene rings is 1. The number of rotatable bonds is 7. The molecule has 1 spiro atoms. The van der Waals surface area contributed by atoms with E-state index in [2.05, 4.69) is 5.32 Å². The Morgan fingerprint density at radius 2 is 1.77 bits per heavy atom. The SMILES string of the molecule is CC.COC1(C)CCC2(CC1)NCC(c1c(C)cc(Cl)cc1OCl)=C2OP(C)(=S)OCC(F)(F)F. The molecule has 0 radical (unpaired) electrons. The molecule has 1 aliphatic carbocycles. The second kappa shape index (κ2) is 11.9. The Labute approximate surface area is 221 Å². The summed E-state index contributed by atoms with van der Waals surface area (Å²) in [4.78, 5) is 0. The molecule has 0 amide bonds. The fourth-order valence-electron chi connectivity index (χ4n) is 4.41. The van der Waals surface area contributed by atoms with Gasteiger partial charge in [-0.3, -0.25) is 0 Å². The highest BCUT2D eigenvalue weighted by Gasteiger charge is 2.50. The number of halogens is 5. The molecule has 1 aromatic rings. The molecule has 200 valence electrons. The average molecular weight is 578 g/mol. The van der Waals surface area contributed by atoms with Crippen LogP contribution in [-0.4, -0.2) is 44.2 Å². The molecule has 0 bridgehead atoms. The molecular weight excluding hydrogens is 545 g/mol. The molecule has 2 aliphatic rings. The van der Waals surface area contributed by atoms with Crippen molar-refractivity contribution in [2.75, 3.05) is 26.9 Å². The molecule has 35 heavy (non-hydrogen) atoms. The average Bonchev–Trinajstić information content (AvgIpc) is 3.12. The molecule has 1 atom stereocenters. The van der Waals surface area contributed by atoms with Crippen molar-refractivity contribution < 1.29 is 31.2 Å². The highest BCUT2D eigenvalue weighted by molar-refractivity contribution is 8.09. The summed E-state index contributed by atoms with van der Waals surface area (Å²) in [6.07, 6.45) is -1.76. The third-order valence-corrected chi connectivity index (χ3v) is 8.37. The molecule has 0 saturated heterocycles. The van der Waals surface area contributed by atoms with E-state index in [1.54, 1.807) is 19.2 Å². The highest BCUT2D eigenvalue weighted by atomic mass is 35.5. The maximum Gasteiger partial charge on any atom is 0.412 e. The van der Waals surface area contributed by atoms with Gasteiger partial charge in [0.05, 0.1) is 11.1 Å². The molecule has 1 fully saturated rings. The first kappa shape index (κ1) is 30.7. The quantitative estimate of drug-likeness (QED) is 0.334. The molecule has 1 heterocycles. The smallest absolute Gasteiger partial charge is 0.412 e. The van der Waals surface area contributed by atoms with Gasteiger partial charge in [-0.05, 0) is 63.0 Å². The molecule has 1 aromatic carbocycles. The Morgan fingerprint density at radius 3 is 2.29 bits per heavy atom. The Morgan fingerprint density at radius 1 is 1.17 bits per heavy atom. The summed E-state index contributed by atoms with van der Waals surface area (Å²) in [6, 6.07) is 3.34. The van der Waals surface area contributed by atoms with Crippen LogP contribution in [0.1, 0.15) is 57.6 Å². The van der Waals surface area contributed by atoms with Gasteiger partial charge in [0.25, 0.3) is 0 Å². The molecule has 5 nitrogen and oxygen atoms in total. The van der Waals surface area contributed by atoms with E-state index < -0.39 is 24.8 Å². The van der Waals surface area contributed by atoms with Gasteiger partial charge in [-0.1, -0.05) is 25.4 Å². The van der Waals surface area contributed by atoms with Crippen molar-refractivity contribution in [1.82, 2.24) is 5.32 Å². The Kier molecular flexibility index (Phi) is 10.4. The van der Waals surface area contributed by atoms with Crippen molar-refractivity contribution in [3.05, 3.63) is 34.0 Å². The number of hydrogen-bond donors (Lipinski definition) is 1. The molecule has 3 rings (SSSR count). The number of hydrogen-bond acceptors (Lipinski definition) is 6. The summed E-state index contributed by atoms with van der Waals surface area (Å²) in [7, 11) is 1.68. The lowest BCUT2D eigenvalue weighted by Gasteiger charge is -2.44. The van der Waals surface area contributed by atoms with Gasteiger partial charge >= 0.3 is 6.18 Å². The molecule has 1 saturated carbocycles. The van der Waals surface area contributed by atoms with Crippen LogP contribution >= 0.6 is 30.0 Å². The molecule has 1 N–H and O–H groups in total. The lowest BCUT2D eigenvalue weighted by atomic mass is 9.74. The zero-order valence-electron chi connectivity index (χ0n) is 20.8. The van der Waals surface area contributed by atoms with Gasteiger partial charge in [-0.25, -0.2) is 0 Å². The lowest BCUT2D eigenvalue weighted by molar-refractivity contribution is -0.153. The standard InChI is InChI=1S/C21H27Cl2F3NO4PS.C2H6/c1-13-9-14(22)10-16(30-23)17(13)15-11-27-20(7-5-19(2,28-3)6-8-20)18(15)31-32(4,33)29-12-21(24,25)26;1-2/h9-10,27H,5-8,11-12H2,1-4H3;1-2H3. The number of nitrogens with one attached hydrogen (secondary N) is 1. The van der Waals surface area contributed by atoms with E-state index in [1.165, 1.54) is 6.66 Å². The lowest BCUT2D eigenvalue weighted by Crippen LogP contribution is -2.50. The van der Waals surface area contributed by atoms with Crippen LogP contribution in [0.15, 0.2) is 17.9 Å². The first-order chi connectivity index (χ1) is 16.2. The molecule has 1 aliphatic heterocycles. The van der Waals surface area contributed by atoms with Crippen molar-refractivity contribution in [2.45, 2.75) is 70.7 Å². The van der Waals surface area contributed by atoms with E-state index in [-0.39, 0.29) is 5.60 Å². The number of alkyl halides is 3. The first-order valence-electron chi connectivity index (χ1n) is 11.3. The zero-order valence-corrected chi connectivity index (χ0v) is 24.0. The van der Waals surface area contributed by atoms with Crippen molar-refractivity contribution in [3.63, 3.8) is 0 Å². The van der Waals surface area contributed by atoms with Crippen LogP contribution in [0.3, 0.4) is 0 Å². The van der Waals surface area contributed by atoms with Gasteiger partial charge < -0.3 is 23.4 Å². The third-order valence-electron chi connectivity index (χ3n) is 6.34. The van der Waals surface area contributed by atoms with E-state index in [0.717, 1.165) is 18.4 Å². The van der Waals surface area contributed by atoms with Gasteiger partial charge in [0.15, 0.2) is 12.4 Å². The second-order valence-corrected chi connectivity index (χ2v) is 13.4. The van der Waals surface area contributed by atoms with E-state index in [1.807, 2.05) is 27.7 Å². The molecule has 0 aromatic heterocycles. The fraction of sp³-hybridized carbons (Fsp3) is 0.652. The molecule has 1 unspecified atom stereocenters. The van der Waals surface area contributed by atoms with Crippen LogP contribution < -0.4 is 9.61 Å². The number of methoxy groups -OCH3 is 1. The minimum Gasteiger partial charge on any atom is -0.446 e. The van der Waals surface area contributed by atoms with Crippen LogP contribution in [0.2, 0.25) is 5.02 Å². The molecular formula is C23H33Cl2F3NO4PS. The van der Waals surface area contributed by atoms with Gasteiger partial charge in [0.2, 0.25) is 6.49 Å². The topological polar surface area (TPSA) is 49.0 Å². The van der Waals surface area contributed by atoms with Gasteiger partial charge in [-0.2, -0.15) is 13.2 Å². The Balaban J connectivity index is 0.00000210. The van der Waals surface area contributed by atoms with Crippen molar-refractivity contribution in [1.29, 1.82) is 0 Å². The van der Waals surface area contributed by atoms with Crippen molar-refractivity contribution >= 4 is 47.3 Å². The van der Waals surface area contributed by atoms with E-state index in [4.69, 9.17) is 53.3 Å². The fourth-order valence-corrected chi connectivity index (χ4v) is 6.22. The van der Waals surface area contributed by atoms with E-state index >= 15 is 0 Å². The summed E-state index contributed by atoms with van der Waals surface area (Å²) < 4.78 is 60.4. The molecule has 12 heteroatoms. The summed E-state index contributed by atoms with van der Waals surface area (Å²) >= 11 is 17.3. The normalized spacial score (nSPS) is 26.3. The number of aryl methyl sites for hydroxylation is 1. The summed E-state index contributed by atoms with van der Waals surface area (Å²) in [5, 5.41) is 3.97. The summed E-state index contributed by atoms with van der Waals surface area (Å²) in [5.74, 6) is 0.809. The van der Waals surface area contributed by atoms with Crippen LogP contribution in [0.25, 0.3) is 5.57 Å². The van der Waals surface area contributed by atoms with Crippen LogP contribution in [-0.2, 0) is 25.6 Å². The Hall–Kier alpha value is -0.540. The largest absolute Gasteiger partial charge is 0.446 e. The predicted octanol–water partition coefficient (Wildman–Crippen LogP) is 7.77. The van der Waals surface area contributed by atoms with Gasteiger partial charge in [-0.15, -0.1) is 0 Å². The van der Waals surface area contributed by atoms with Crippen LogP contribution in [0, 0.1) is 6.92 Å². The highest BCUT2D eigenvalue weighted by Crippen LogP contribution is 2.56. The maximum atomic E-state index is 12.8. The van der Waals surface area contributed by atoms with Gasteiger partial charge in [0, 0.05) is 42.5 Å². The first-order valence-corrected chi connectivity index (χ1v) is 15.1. The summed E-state index contributed by atoms with van der Waals surface area (Å²) in [5.41, 5.74) is 1.25. The summed E-state index contributed by atoms with van der Waals surface area (Å²) in [6.45, 7) is 4.92. The van der Waals surface area contributed by atoms with Crippen molar-refractivity contribution in [2.24, 2.45) is 0 Å². The maximum absolute atomic E-state index is 12.8. The van der Waals surface area contributed by atoms with Crippen molar-refractivity contribution in [3.8, 4) is 5.75 Å². The van der Waals surface area contributed by atoms with Crippen LogP contribution in [0.5, 0.6) is 5.75 Å².